The molecular formula is C17H26BrNO. The number of rotatable bonds is 5. The van der Waals surface area contributed by atoms with Gasteiger partial charge in [0.1, 0.15) is 5.75 Å². The number of halogens is 1. The third-order valence-corrected chi connectivity index (χ3v) is 6.12. The summed E-state index contributed by atoms with van der Waals surface area (Å²) in [6.07, 6.45) is 0. The molecule has 2 nitrogen and oxygen atoms in total. The molecule has 0 bridgehead atoms. The minimum atomic E-state index is 0.360. The largest absolute Gasteiger partial charge is 0.497 e. The molecule has 3 heteroatoms. The molecule has 1 fully saturated rings. The molecule has 1 saturated carbocycles. The number of hydrogen-bond donors (Lipinski definition) is 1. The van der Waals surface area contributed by atoms with Crippen molar-refractivity contribution < 1.29 is 4.74 Å². The van der Waals surface area contributed by atoms with E-state index in [1.807, 2.05) is 6.07 Å². The zero-order valence-electron chi connectivity index (χ0n) is 13.4. The van der Waals surface area contributed by atoms with Crippen LogP contribution in [0.1, 0.15) is 46.2 Å². The summed E-state index contributed by atoms with van der Waals surface area (Å²) in [6, 6.07) is 6.67. The SMILES string of the molecule is CCNC(c1ccc(OC)cc1Br)C1C(C)(C)C1(C)C. The Morgan fingerprint density at radius 2 is 1.85 bits per heavy atom. The number of hydrogen-bond acceptors (Lipinski definition) is 2. The van der Waals surface area contributed by atoms with Crippen molar-refractivity contribution in [2.45, 2.75) is 40.7 Å². The number of nitrogens with one attached hydrogen (secondary N) is 1. The van der Waals surface area contributed by atoms with Crippen LogP contribution < -0.4 is 10.1 Å². The van der Waals surface area contributed by atoms with Gasteiger partial charge >= 0.3 is 0 Å². The Hall–Kier alpha value is -0.540. The van der Waals surface area contributed by atoms with Crippen molar-refractivity contribution in [1.82, 2.24) is 5.32 Å². The minimum Gasteiger partial charge on any atom is -0.497 e. The Bertz CT molecular complexity index is 482. The van der Waals surface area contributed by atoms with E-state index in [1.54, 1.807) is 7.11 Å². The normalized spacial score (nSPS) is 21.6. The zero-order chi connectivity index (χ0) is 15.1. The second-order valence-electron chi connectivity index (χ2n) is 6.84. The van der Waals surface area contributed by atoms with Crippen molar-refractivity contribution in [3.63, 3.8) is 0 Å². The summed E-state index contributed by atoms with van der Waals surface area (Å²) in [5.41, 5.74) is 2.05. The molecule has 0 aromatic heterocycles. The van der Waals surface area contributed by atoms with Gasteiger partial charge in [-0.1, -0.05) is 56.6 Å². The third kappa shape index (κ3) is 2.39. The van der Waals surface area contributed by atoms with Crippen LogP contribution in [0.4, 0.5) is 0 Å². The standard InChI is InChI=1S/C17H26BrNO/c1-7-19-14(15-16(2,3)17(15,4)5)12-9-8-11(20-6)10-13(12)18/h8-10,14-15,19H,7H2,1-6H3. The van der Waals surface area contributed by atoms with Crippen LogP contribution in [0.15, 0.2) is 22.7 Å². The molecule has 1 aromatic rings. The summed E-state index contributed by atoms with van der Waals surface area (Å²) >= 11 is 3.71. The van der Waals surface area contributed by atoms with E-state index in [4.69, 9.17) is 4.74 Å². The molecule has 1 aromatic carbocycles. The van der Waals surface area contributed by atoms with E-state index in [9.17, 15) is 0 Å². The van der Waals surface area contributed by atoms with Crippen LogP contribution in [0.2, 0.25) is 0 Å². The molecule has 1 aliphatic carbocycles. The summed E-state index contributed by atoms with van der Waals surface area (Å²) in [5.74, 6) is 1.53. The molecule has 0 heterocycles. The topological polar surface area (TPSA) is 21.3 Å². The Labute approximate surface area is 131 Å². The molecular weight excluding hydrogens is 314 g/mol. The van der Waals surface area contributed by atoms with E-state index in [-0.39, 0.29) is 0 Å². The lowest BCUT2D eigenvalue weighted by molar-refractivity contribution is 0.407. The molecule has 0 spiro atoms. The molecule has 1 unspecified atom stereocenters. The lowest BCUT2D eigenvalue weighted by atomic mass is 9.96. The Morgan fingerprint density at radius 1 is 1.25 bits per heavy atom. The quantitative estimate of drug-likeness (QED) is 0.832. The maximum atomic E-state index is 5.30. The van der Waals surface area contributed by atoms with Crippen LogP contribution in [0, 0.1) is 16.7 Å². The molecule has 112 valence electrons. The second-order valence-corrected chi connectivity index (χ2v) is 7.70. The van der Waals surface area contributed by atoms with Crippen molar-refractivity contribution >= 4 is 15.9 Å². The van der Waals surface area contributed by atoms with Crippen LogP contribution >= 0.6 is 15.9 Å². The Balaban J connectivity index is 2.36. The van der Waals surface area contributed by atoms with Gasteiger partial charge in [0, 0.05) is 10.5 Å². The van der Waals surface area contributed by atoms with Gasteiger partial charge in [-0.05, 0) is 41.0 Å². The molecule has 1 atom stereocenters. The van der Waals surface area contributed by atoms with Crippen LogP contribution in [0.5, 0.6) is 5.75 Å². The van der Waals surface area contributed by atoms with Gasteiger partial charge < -0.3 is 10.1 Å². The number of ether oxygens (including phenoxy) is 1. The molecule has 0 saturated heterocycles. The van der Waals surface area contributed by atoms with Gasteiger partial charge in [0.15, 0.2) is 0 Å². The van der Waals surface area contributed by atoms with Gasteiger partial charge in [0.05, 0.1) is 7.11 Å². The average Bonchev–Trinajstić information content (AvgIpc) is 2.77. The Kier molecular flexibility index (Phi) is 4.23. The van der Waals surface area contributed by atoms with Gasteiger partial charge in [-0.15, -0.1) is 0 Å². The fourth-order valence-corrected chi connectivity index (χ4v) is 4.20. The summed E-state index contributed by atoms with van der Waals surface area (Å²) in [6.45, 7) is 12.6. The monoisotopic (exact) mass is 339 g/mol. The molecule has 1 N–H and O–H groups in total. The highest BCUT2D eigenvalue weighted by Gasteiger charge is 2.67. The highest BCUT2D eigenvalue weighted by molar-refractivity contribution is 9.10. The Morgan fingerprint density at radius 3 is 2.25 bits per heavy atom. The minimum absolute atomic E-state index is 0.360. The summed E-state index contributed by atoms with van der Waals surface area (Å²) in [5, 5.41) is 3.68. The fraction of sp³-hybridized carbons (Fsp3) is 0.647. The second kappa shape index (κ2) is 5.34. The van der Waals surface area contributed by atoms with Gasteiger partial charge in [-0.3, -0.25) is 0 Å². The molecule has 0 aliphatic heterocycles. The van der Waals surface area contributed by atoms with Crippen molar-refractivity contribution in [3.8, 4) is 5.75 Å². The van der Waals surface area contributed by atoms with E-state index in [0.717, 1.165) is 16.8 Å². The summed E-state index contributed by atoms with van der Waals surface area (Å²) in [7, 11) is 1.70. The first-order chi connectivity index (χ1) is 9.27. The van der Waals surface area contributed by atoms with Gasteiger partial charge in [0.2, 0.25) is 0 Å². The van der Waals surface area contributed by atoms with E-state index >= 15 is 0 Å². The van der Waals surface area contributed by atoms with Gasteiger partial charge in [0.25, 0.3) is 0 Å². The van der Waals surface area contributed by atoms with Crippen LogP contribution in [-0.4, -0.2) is 13.7 Å². The maximum Gasteiger partial charge on any atom is 0.120 e. The highest BCUT2D eigenvalue weighted by atomic mass is 79.9. The number of methoxy groups -OCH3 is 1. The molecule has 20 heavy (non-hydrogen) atoms. The van der Waals surface area contributed by atoms with Crippen LogP contribution in [0.25, 0.3) is 0 Å². The third-order valence-electron chi connectivity index (χ3n) is 5.43. The van der Waals surface area contributed by atoms with Crippen molar-refractivity contribution in [2.24, 2.45) is 16.7 Å². The van der Waals surface area contributed by atoms with Crippen LogP contribution in [-0.2, 0) is 0 Å². The van der Waals surface area contributed by atoms with Crippen molar-refractivity contribution in [2.75, 3.05) is 13.7 Å². The highest BCUT2D eigenvalue weighted by Crippen LogP contribution is 2.72. The molecule has 0 radical (unpaired) electrons. The molecule has 0 amide bonds. The predicted molar refractivity (Wildman–Crippen MR) is 88.2 cm³/mol. The lowest BCUT2D eigenvalue weighted by Crippen LogP contribution is -2.25. The molecule has 1 aliphatic rings. The number of benzene rings is 1. The summed E-state index contributed by atoms with van der Waals surface area (Å²) in [4.78, 5) is 0. The van der Waals surface area contributed by atoms with Crippen molar-refractivity contribution in [1.29, 1.82) is 0 Å². The van der Waals surface area contributed by atoms with E-state index in [1.165, 1.54) is 5.56 Å². The smallest absolute Gasteiger partial charge is 0.120 e. The first kappa shape index (κ1) is 15.8. The first-order valence-electron chi connectivity index (χ1n) is 7.34. The predicted octanol–water partition coefficient (Wildman–Crippen LogP) is 4.79. The molecule has 2 rings (SSSR count). The average molecular weight is 340 g/mol. The van der Waals surface area contributed by atoms with E-state index in [0.29, 0.717) is 22.8 Å². The first-order valence-corrected chi connectivity index (χ1v) is 8.13. The lowest BCUT2D eigenvalue weighted by Gasteiger charge is -2.22. The van der Waals surface area contributed by atoms with Crippen LogP contribution in [0.3, 0.4) is 0 Å². The fourth-order valence-electron chi connectivity index (χ4n) is 3.60. The van der Waals surface area contributed by atoms with E-state index in [2.05, 4.69) is 68.0 Å². The van der Waals surface area contributed by atoms with Gasteiger partial charge in [-0.2, -0.15) is 0 Å². The van der Waals surface area contributed by atoms with E-state index < -0.39 is 0 Å². The van der Waals surface area contributed by atoms with Crippen molar-refractivity contribution in [3.05, 3.63) is 28.2 Å². The van der Waals surface area contributed by atoms with Gasteiger partial charge in [-0.25, -0.2) is 0 Å². The summed E-state index contributed by atoms with van der Waals surface area (Å²) < 4.78 is 6.42. The maximum absolute atomic E-state index is 5.30. The zero-order valence-corrected chi connectivity index (χ0v) is 15.0.